The van der Waals surface area contributed by atoms with Crippen molar-refractivity contribution in [2.45, 2.75) is 50.0 Å². The summed E-state index contributed by atoms with van der Waals surface area (Å²) in [6.07, 6.45) is 6.37. The molecule has 1 saturated carbocycles. The first-order chi connectivity index (χ1) is 9.53. The second kappa shape index (κ2) is 6.59. The fraction of sp³-hybridized carbons (Fsp3) is 0.600. The summed E-state index contributed by atoms with van der Waals surface area (Å²) in [5.74, 6) is 0.665. The molecule has 0 saturated heterocycles. The van der Waals surface area contributed by atoms with Crippen LogP contribution in [0.2, 0.25) is 0 Å². The summed E-state index contributed by atoms with van der Waals surface area (Å²) in [5, 5.41) is 3.55. The minimum absolute atomic E-state index is 0.305. The number of anilines is 1. The van der Waals surface area contributed by atoms with Crippen LogP contribution in [0, 0.1) is 5.92 Å². The van der Waals surface area contributed by atoms with Crippen LogP contribution in [0.4, 0.5) is 5.69 Å². The number of hydrogen-bond acceptors (Lipinski definition) is 3. The van der Waals surface area contributed by atoms with Gasteiger partial charge in [0.2, 0.25) is 10.0 Å². The van der Waals surface area contributed by atoms with E-state index in [1.54, 1.807) is 12.1 Å². The number of rotatable bonds is 4. The van der Waals surface area contributed by atoms with E-state index in [4.69, 9.17) is 0 Å². The van der Waals surface area contributed by atoms with Gasteiger partial charge in [0.25, 0.3) is 0 Å². The van der Waals surface area contributed by atoms with Gasteiger partial charge in [0.05, 0.1) is 4.90 Å². The van der Waals surface area contributed by atoms with E-state index in [2.05, 4.69) is 17.0 Å². The molecule has 4 nitrogen and oxygen atoms in total. The van der Waals surface area contributed by atoms with Crippen molar-refractivity contribution in [1.29, 1.82) is 0 Å². The fourth-order valence-corrected chi connectivity index (χ4v) is 3.50. The lowest BCUT2D eigenvalue weighted by Gasteiger charge is -2.24. The van der Waals surface area contributed by atoms with Gasteiger partial charge in [0, 0.05) is 11.7 Å². The molecule has 2 rings (SSSR count). The molecule has 20 heavy (non-hydrogen) atoms. The Morgan fingerprint density at radius 1 is 1.05 bits per heavy atom. The molecule has 2 unspecified atom stereocenters. The topological polar surface area (TPSA) is 58.2 Å². The van der Waals surface area contributed by atoms with Gasteiger partial charge >= 0.3 is 0 Å². The van der Waals surface area contributed by atoms with Gasteiger partial charge < -0.3 is 5.32 Å². The fourth-order valence-electron chi connectivity index (χ4n) is 2.77. The van der Waals surface area contributed by atoms with E-state index in [0.29, 0.717) is 16.9 Å². The third-order valence-corrected chi connectivity index (χ3v) is 5.58. The smallest absolute Gasteiger partial charge is 0.240 e. The average molecular weight is 296 g/mol. The first kappa shape index (κ1) is 15.3. The highest BCUT2D eigenvalue weighted by atomic mass is 32.2. The van der Waals surface area contributed by atoms with Crippen molar-refractivity contribution >= 4 is 15.7 Å². The lowest BCUT2D eigenvalue weighted by molar-refractivity contribution is 0.456. The van der Waals surface area contributed by atoms with Crippen LogP contribution in [0.1, 0.15) is 39.0 Å². The van der Waals surface area contributed by atoms with Gasteiger partial charge in [-0.05, 0) is 50.1 Å². The SMILES string of the molecule is CNS(=O)(=O)c1ccc(NC2CCCCCC2C)cc1. The van der Waals surface area contributed by atoms with Crippen LogP contribution in [0.5, 0.6) is 0 Å². The summed E-state index contributed by atoms with van der Waals surface area (Å²) in [4.78, 5) is 0.305. The zero-order chi connectivity index (χ0) is 14.6. The van der Waals surface area contributed by atoms with Crippen LogP contribution in [0.15, 0.2) is 29.2 Å². The molecular weight excluding hydrogens is 272 g/mol. The normalized spacial score (nSPS) is 24.1. The molecule has 0 heterocycles. The predicted molar refractivity (Wildman–Crippen MR) is 82.3 cm³/mol. The Hall–Kier alpha value is -1.07. The van der Waals surface area contributed by atoms with Gasteiger partial charge in [0.1, 0.15) is 0 Å². The first-order valence-electron chi connectivity index (χ1n) is 7.33. The lowest BCUT2D eigenvalue weighted by Crippen LogP contribution is -2.26. The van der Waals surface area contributed by atoms with Gasteiger partial charge in [-0.1, -0.05) is 26.2 Å². The Morgan fingerprint density at radius 3 is 2.35 bits per heavy atom. The molecule has 5 heteroatoms. The molecule has 1 aromatic rings. The van der Waals surface area contributed by atoms with Gasteiger partial charge in [-0.25, -0.2) is 13.1 Å². The zero-order valence-corrected chi connectivity index (χ0v) is 13.0. The van der Waals surface area contributed by atoms with Gasteiger partial charge in [-0.2, -0.15) is 0 Å². The molecule has 2 N–H and O–H groups in total. The molecule has 1 aliphatic carbocycles. The van der Waals surface area contributed by atoms with E-state index in [-0.39, 0.29) is 0 Å². The first-order valence-corrected chi connectivity index (χ1v) is 8.81. The highest BCUT2D eigenvalue weighted by molar-refractivity contribution is 7.89. The standard InChI is InChI=1S/C15H24N2O2S/c1-12-6-4-3-5-7-15(12)17-13-8-10-14(11-9-13)20(18,19)16-2/h8-12,15-17H,3-7H2,1-2H3. The molecule has 0 aliphatic heterocycles. The third-order valence-electron chi connectivity index (χ3n) is 4.15. The maximum atomic E-state index is 11.7. The molecule has 112 valence electrons. The van der Waals surface area contributed by atoms with Crippen molar-refractivity contribution in [2.75, 3.05) is 12.4 Å². The number of benzene rings is 1. The molecule has 0 aromatic heterocycles. The van der Waals surface area contributed by atoms with Crippen molar-refractivity contribution < 1.29 is 8.42 Å². The number of nitrogens with one attached hydrogen (secondary N) is 2. The molecule has 1 fully saturated rings. The molecule has 2 atom stereocenters. The second-order valence-electron chi connectivity index (χ2n) is 5.60. The molecule has 1 aliphatic rings. The number of hydrogen-bond donors (Lipinski definition) is 2. The Kier molecular flexibility index (Phi) is 5.05. The monoisotopic (exact) mass is 296 g/mol. The van der Waals surface area contributed by atoms with Crippen LogP contribution in [0.25, 0.3) is 0 Å². The van der Waals surface area contributed by atoms with Gasteiger partial charge in [0.15, 0.2) is 0 Å². The predicted octanol–water partition coefficient (Wildman–Crippen LogP) is 2.98. The molecule has 0 bridgehead atoms. The second-order valence-corrected chi connectivity index (χ2v) is 7.48. The Morgan fingerprint density at radius 2 is 1.70 bits per heavy atom. The van der Waals surface area contributed by atoms with Crippen molar-refractivity contribution in [2.24, 2.45) is 5.92 Å². The van der Waals surface area contributed by atoms with E-state index in [9.17, 15) is 8.42 Å². The maximum Gasteiger partial charge on any atom is 0.240 e. The maximum absolute atomic E-state index is 11.7. The van der Waals surface area contributed by atoms with E-state index in [1.807, 2.05) is 12.1 Å². The molecule has 0 spiro atoms. The Bertz CT molecular complexity index is 525. The van der Waals surface area contributed by atoms with Gasteiger partial charge in [-0.3, -0.25) is 0 Å². The minimum Gasteiger partial charge on any atom is -0.382 e. The minimum atomic E-state index is -3.34. The summed E-state index contributed by atoms with van der Waals surface area (Å²) in [7, 11) is -1.92. The van der Waals surface area contributed by atoms with Crippen LogP contribution in [0.3, 0.4) is 0 Å². The molecule has 0 amide bonds. The van der Waals surface area contributed by atoms with Crippen molar-refractivity contribution in [3.05, 3.63) is 24.3 Å². The van der Waals surface area contributed by atoms with E-state index in [1.165, 1.54) is 39.2 Å². The summed E-state index contributed by atoms with van der Waals surface area (Å²) in [5.41, 5.74) is 0.999. The Labute approximate surface area is 122 Å². The van der Waals surface area contributed by atoms with Crippen LogP contribution in [-0.4, -0.2) is 21.5 Å². The highest BCUT2D eigenvalue weighted by Gasteiger charge is 2.19. The summed E-state index contributed by atoms with van der Waals surface area (Å²) in [6, 6.07) is 7.48. The molecule has 0 radical (unpaired) electrons. The van der Waals surface area contributed by atoms with Crippen LogP contribution >= 0.6 is 0 Å². The largest absolute Gasteiger partial charge is 0.382 e. The quantitative estimate of drug-likeness (QED) is 0.840. The summed E-state index contributed by atoms with van der Waals surface area (Å²) in [6.45, 7) is 2.29. The Balaban J connectivity index is 2.07. The van der Waals surface area contributed by atoms with E-state index >= 15 is 0 Å². The van der Waals surface area contributed by atoms with Crippen molar-refractivity contribution in [3.63, 3.8) is 0 Å². The highest BCUT2D eigenvalue weighted by Crippen LogP contribution is 2.26. The lowest BCUT2D eigenvalue weighted by atomic mass is 9.97. The summed E-state index contributed by atoms with van der Waals surface area (Å²) >= 11 is 0. The molecule has 1 aromatic carbocycles. The molecular formula is C15H24N2O2S. The van der Waals surface area contributed by atoms with Crippen LogP contribution in [-0.2, 0) is 10.0 Å². The van der Waals surface area contributed by atoms with Crippen molar-refractivity contribution in [3.8, 4) is 0 Å². The number of sulfonamides is 1. The van der Waals surface area contributed by atoms with E-state index < -0.39 is 10.0 Å². The third kappa shape index (κ3) is 3.73. The van der Waals surface area contributed by atoms with Crippen LogP contribution < -0.4 is 10.0 Å². The van der Waals surface area contributed by atoms with Gasteiger partial charge in [-0.15, -0.1) is 0 Å². The zero-order valence-electron chi connectivity index (χ0n) is 12.2. The average Bonchev–Trinajstić information content (AvgIpc) is 2.65. The van der Waals surface area contributed by atoms with E-state index in [0.717, 1.165) is 5.69 Å². The van der Waals surface area contributed by atoms with Crippen molar-refractivity contribution in [1.82, 2.24) is 4.72 Å². The summed E-state index contributed by atoms with van der Waals surface area (Å²) < 4.78 is 25.7.